The average molecular weight is 512 g/mol. The van der Waals surface area contributed by atoms with Crippen molar-refractivity contribution < 1.29 is 18.7 Å². The first-order valence-electron chi connectivity index (χ1n) is 8.56. The summed E-state index contributed by atoms with van der Waals surface area (Å²) in [5.74, 6) is -0.940. The Morgan fingerprint density at radius 1 is 0.967 bits per heavy atom. The second-order valence-corrected chi connectivity index (χ2v) is 7.78. The predicted molar refractivity (Wildman–Crippen MR) is 119 cm³/mol. The molecule has 3 rings (SSSR count). The van der Waals surface area contributed by atoms with Crippen LogP contribution in [0, 0.1) is 5.82 Å². The van der Waals surface area contributed by atoms with Gasteiger partial charge in [-0.25, -0.2) is 4.39 Å². The van der Waals surface area contributed by atoms with Crippen molar-refractivity contribution in [3.63, 3.8) is 0 Å². The van der Waals surface area contributed by atoms with Gasteiger partial charge in [-0.2, -0.15) is 0 Å². The highest BCUT2D eigenvalue weighted by Crippen LogP contribution is 2.36. The minimum absolute atomic E-state index is 0.265. The third-order valence-corrected chi connectivity index (χ3v) is 4.91. The largest absolute Gasteiger partial charge is 0.481 e. The summed E-state index contributed by atoms with van der Waals surface area (Å²) < 4.78 is 19.0. The third-order valence-electron chi connectivity index (χ3n) is 3.82. The first-order chi connectivity index (χ1) is 14.3. The molecule has 0 bridgehead atoms. The number of ether oxygens (including phenoxy) is 1. The zero-order chi connectivity index (χ0) is 21.7. The van der Waals surface area contributed by atoms with Crippen molar-refractivity contribution in [2.75, 3.05) is 17.2 Å². The van der Waals surface area contributed by atoms with Gasteiger partial charge in [-0.15, -0.1) is 0 Å². The molecule has 2 N–H and O–H groups in total. The first-order valence-corrected chi connectivity index (χ1v) is 10.1. The number of carbonyl (C=O) groups excluding carboxylic acids is 2. The van der Waals surface area contributed by atoms with E-state index in [4.69, 9.17) is 27.9 Å². The van der Waals surface area contributed by atoms with E-state index in [-0.39, 0.29) is 11.6 Å². The Hall–Kier alpha value is -2.61. The van der Waals surface area contributed by atoms with Crippen LogP contribution < -0.4 is 15.4 Å². The van der Waals surface area contributed by atoms with Crippen LogP contribution >= 0.6 is 39.1 Å². The van der Waals surface area contributed by atoms with Gasteiger partial charge in [0, 0.05) is 22.0 Å². The number of benzene rings is 3. The number of anilines is 2. The second-order valence-electron chi connectivity index (χ2n) is 6.08. The van der Waals surface area contributed by atoms with Crippen molar-refractivity contribution in [2.24, 2.45) is 0 Å². The molecule has 0 aliphatic carbocycles. The molecule has 0 spiro atoms. The fourth-order valence-electron chi connectivity index (χ4n) is 2.48. The van der Waals surface area contributed by atoms with Crippen LogP contribution in [0.3, 0.4) is 0 Å². The number of halogens is 4. The second kappa shape index (κ2) is 9.93. The van der Waals surface area contributed by atoms with E-state index in [1.54, 1.807) is 24.3 Å². The molecule has 3 aromatic rings. The van der Waals surface area contributed by atoms with Gasteiger partial charge < -0.3 is 15.4 Å². The number of carbonyl (C=O) groups is 2. The van der Waals surface area contributed by atoms with E-state index in [0.717, 1.165) is 0 Å². The predicted octanol–water partition coefficient (Wildman–Crippen LogP) is 6.16. The van der Waals surface area contributed by atoms with Gasteiger partial charge in [0.1, 0.15) is 5.82 Å². The quantitative estimate of drug-likeness (QED) is 0.416. The molecular weight excluding hydrogens is 498 g/mol. The summed E-state index contributed by atoms with van der Waals surface area (Å²) >= 11 is 15.2. The summed E-state index contributed by atoms with van der Waals surface area (Å²) in [5, 5.41) is 6.00. The molecule has 0 atom stereocenters. The molecule has 0 radical (unpaired) electrons. The zero-order valence-corrected chi connectivity index (χ0v) is 18.3. The van der Waals surface area contributed by atoms with E-state index >= 15 is 0 Å². The number of nitrogens with one attached hydrogen (secondary N) is 2. The average Bonchev–Trinajstić information content (AvgIpc) is 2.69. The fourth-order valence-corrected chi connectivity index (χ4v) is 3.84. The van der Waals surface area contributed by atoms with Gasteiger partial charge in [-0.05, 0) is 70.5 Å². The van der Waals surface area contributed by atoms with Gasteiger partial charge in [0.15, 0.2) is 12.4 Å². The lowest BCUT2D eigenvalue weighted by Crippen LogP contribution is -2.21. The summed E-state index contributed by atoms with van der Waals surface area (Å²) in [6.07, 6.45) is 0. The Balaban J connectivity index is 1.61. The van der Waals surface area contributed by atoms with Crippen molar-refractivity contribution in [3.8, 4) is 5.75 Å². The van der Waals surface area contributed by atoms with Crippen LogP contribution in [0.2, 0.25) is 10.0 Å². The minimum Gasteiger partial charge on any atom is -0.481 e. The van der Waals surface area contributed by atoms with Gasteiger partial charge in [0.05, 0.1) is 9.50 Å². The van der Waals surface area contributed by atoms with Crippen molar-refractivity contribution in [1.29, 1.82) is 0 Å². The highest BCUT2D eigenvalue weighted by Gasteiger charge is 2.12. The molecule has 0 aliphatic rings. The molecule has 2 amide bonds. The lowest BCUT2D eigenvalue weighted by molar-refractivity contribution is -0.118. The summed E-state index contributed by atoms with van der Waals surface area (Å²) in [6.45, 7) is -0.300. The lowest BCUT2D eigenvalue weighted by Gasteiger charge is -2.11. The highest BCUT2D eigenvalue weighted by molar-refractivity contribution is 9.10. The van der Waals surface area contributed by atoms with E-state index in [1.807, 2.05) is 0 Å². The third kappa shape index (κ3) is 5.95. The maximum Gasteiger partial charge on any atom is 0.262 e. The van der Waals surface area contributed by atoms with Crippen LogP contribution in [-0.2, 0) is 4.79 Å². The number of hydrogen-bond acceptors (Lipinski definition) is 3. The Labute approximate surface area is 190 Å². The smallest absolute Gasteiger partial charge is 0.262 e. The molecule has 0 unspecified atom stereocenters. The van der Waals surface area contributed by atoms with Gasteiger partial charge >= 0.3 is 0 Å². The fraction of sp³-hybridized carbons (Fsp3) is 0.0476. The van der Waals surface area contributed by atoms with Crippen LogP contribution in [0.1, 0.15) is 10.4 Å². The first kappa shape index (κ1) is 22.1. The van der Waals surface area contributed by atoms with Crippen molar-refractivity contribution in [2.45, 2.75) is 0 Å². The minimum atomic E-state index is -0.441. The molecule has 5 nitrogen and oxygen atoms in total. The summed E-state index contributed by atoms with van der Waals surface area (Å²) in [7, 11) is 0. The van der Waals surface area contributed by atoms with Gasteiger partial charge in [0.25, 0.3) is 11.8 Å². The Bertz CT molecular complexity index is 1070. The molecule has 3 aromatic carbocycles. The number of hydrogen-bond donors (Lipinski definition) is 2. The van der Waals surface area contributed by atoms with E-state index in [2.05, 4.69) is 26.6 Å². The molecule has 30 heavy (non-hydrogen) atoms. The topological polar surface area (TPSA) is 67.4 Å². The molecule has 0 aromatic heterocycles. The summed E-state index contributed by atoms with van der Waals surface area (Å²) in [6, 6.07) is 14.9. The Morgan fingerprint density at radius 3 is 2.40 bits per heavy atom. The molecule has 0 fully saturated rings. The van der Waals surface area contributed by atoms with Gasteiger partial charge in [-0.1, -0.05) is 29.3 Å². The highest BCUT2D eigenvalue weighted by atomic mass is 79.9. The molecule has 0 saturated heterocycles. The van der Waals surface area contributed by atoms with E-state index in [1.165, 1.54) is 36.4 Å². The maximum atomic E-state index is 13.0. The standard InChI is InChI=1S/C21H14BrCl2FN2O3/c22-17-9-13(23)10-18(24)20(17)30-11-19(28)26-16-3-1-2-12(8-16)21(29)27-15-6-4-14(25)5-7-15/h1-10H,11H2,(H,26,28)(H,27,29). The van der Waals surface area contributed by atoms with Crippen molar-refractivity contribution >= 4 is 62.3 Å². The van der Waals surface area contributed by atoms with Gasteiger partial charge in [0.2, 0.25) is 0 Å². The van der Waals surface area contributed by atoms with Crippen LogP contribution in [0.15, 0.2) is 65.1 Å². The van der Waals surface area contributed by atoms with Crippen LogP contribution in [0.4, 0.5) is 15.8 Å². The number of rotatable bonds is 6. The monoisotopic (exact) mass is 510 g/mol. The van der Waals surface area contributed by atoms with Crippen LogP contribution in [0.25, 0.3) is 0 Å². The SMILES string of the molecule is O=C(COc1c(Cl)cc(Cl)cc1Br)Nc1cccc(C(=O)Nc2ccc(F)cc2)c1. The van der Waals surface area contributed by atoms with E-state index < -0.39 is 17.6 Å². The van der Waals surface area contributed by atoms with Crippen LogP contribution in [-0.4, -0.2) is 18.4 Å². The maximum absolute atomic E-state index is 13.0. The zero-order valence-electron chi connectivity index (χ0n) is 15.2. The van der Waals surface area contributed by atoms with E-state index in [0.29, 0.717) is 32.2 Å². The molecule has 0 saturated carbocycles. The van der Waals surface area contributed by atoms with E-state index in [9.17, 15) is 14.0 Å². The van der Waals surface area contributed by atoms with Crippen molar-refractivity contribution in [3.05, 3.63) is 86.6 Å². The lowest BCUT2D eigenvalue weighted by atomic mass is 10.2. The molecular formula is C21H14BrCl2FN2O3. The Morgan fingerprint density at radius 2 is 1.70 bits per heavy atom. The molecule has 0 heterocycles. The number of amides is 2. The molecule has 9 heteroatoms. The normalized spacial score (nSPS) is 10.4. The molecule has 154 valence electrons. The summed E-state index contributed by atoms with van der Waals surface area (Å²) in [5.41, 5.74) is 1.19. The summed E-state index contributed by atoms with van der Waals surface area (Å²) in [4.78, 5) is 24.6. The van der Waals surface area contributed by atoms with Crippen LogP contribution in [0.5, 0.6) is 5.75 Å². The molecule has 0 aliphatic heterocycles. The van der Waals surface area contributed by atoms with Crippen molar-refractivity contribution in [1.82, 2.24) is 0 Å². The van der Waals surface area contributed by atoms with Gasteiger partial charge in [-0.3, -0.25) is 9.59 Å². The Kier molecular flexibility index (Phi) is 7.31.